The minimum Gasteiger partial charge on any atom is -0.365 e. The van der Waals surface area contributed by atoms with Crippen molar-refractivity contribution in [3.63, 3.8) is 0 Å². The minimum absolute atomic E-state index is 0.232. The first-order valence-electron chi connectivity index (χ1n) is 6.41. The molecule has 4 heteroatoms. The fraction of sp³-hybridized carbons (Fsp3) is 0.333. The molecule has 1 aliphatic rings. The first kappa shape index (κ1) is 14.4. The van der Waals surface area contributed by atoms with Crippen LogP contribution in [0.15, 0.2) is 42.2 Å². The van der Waals surface area contributed by atoms with Crippen LogP contribution in [0.5, 0.6) is 0 Å². The van der Waals surface area contributed by atoms with E-state index in [1.807, 2.05) is 18.2 Å². The summed E-state index contributed by atoms with van der Waals surface area (Å²) < 4.78 is 0. The number of nitrogens with two attached hydrogens (primary N) is 1. The summed E-state index contributed by atoms with van der Waals surface area (Å²) in [5, 5.41) is 4.44. The molecule has 3 N–H and O–H groups in total. The Morgan fingerprint density at radius 1 is 1.37 bits per heavy atom. The van der Waals surface area contributed by atoms with Crippen molar-refractivity contribution in [2.45, 2.75) is 25.2 Å². The van der Waals surface area contributed by atoms with Crippen LogP contribution >= 0.6 is 23.2 Å². The molecule has 0 radical (unpaired) electrons. The van der Waals surface area contributed by atoms with Crippen molar-refractivity contribution in [3.05, 3.63) is 57.9 Å². The molecule has 0 heterocycles. The van der Waals surface area contributed by atoms with E-state index in [0.29, 0.717) is 16.6 Å². The molecule has 0 aliphatic heterocycles. The van der Waals surface area contributed by atoms with Gasteiger partial charge in [-0.05, 0) is 55.3 Å². The third kappa shape index (κ3) is 3.53. The summed E-state index contributed by atoms with van der Waals surface area (Å²) in [5.74, 6) is 0.232. The summed E-state index contributed by atoms with van der Waals surface area (Å²) >= 11 is 12.1. The Balaban J connectivity index is 2.35. The monoisotopic (exact) mass is 296 g/mol. The molecule has 0 bridgehead atoms. The van der Waals surface area contributed by atoms with E-state index in [4.69, 9.17) is 28.9 Å². The molecule has 0 saturated heterocycles. The minimum atomic E-state index is 0.232. The molecule has 0 aromatic heterocycles. The van der Waals surface area contributed by atoms with Gasteiger partial charge in [0.15, 0.2) is 0 Å². The molecule has 1 aliphatic carbocycles. The van der Waals surface area contributed by atoms with Crippen molar-refractivity contribution in [3.8, 4) is 0 Å². The molecule has 1 atom stereocenters. The molecule has 1 aromatic rings. The van der Waals surface area contributed by atoms with Crippen LogP contribution in [0, 0.1) is 0 Å². The summed E-state index contributed by atoms with van der Waals surface area (Å²) in [4.78, 5) is 0. The fourth-order valence-corrected chi connectivity index (χ4v) is 2.57. The van der Waals surface area contributed by atoms with E-state index in [9.17, 15) is 0 Å². The molecule has 1 aromatic carbocycles. The van der Waals surface area contributed by atoms with Gasteiger partial charge in [0.05, 0.1) is 10.0 Å². The Morgan fingerprint density at radius 3 is 2.63 bits per heavy atom. The topological polar surface area (TPSA) is 38.0 Å². The maximum Gasteiger partial charge on any atom is 0.0595 e. The average Bonchev–Trinajstić information content (AvgIpc) is 3.21. The van der Waals surface area contributed by atoms with E-state index >= 15 is 0 Å². The molecule has 0 amide bonds. The molecule has 1 unspecified atom stereocenters. The van der Waals surface area contributed by atoms with E-state index in [2.05, 4.69) is 11.9 Å². The van der Waals surface area contributed by atoms with E-state index in [-0.39, 0.29) is 5.92 Å². The van der Waals surface area contributed by atoms with E-state index in [1.54, 1.807) is 6.20 Å². The summed E-state index contributed by atoms with van der Waals surface area (Å²) in [6, 6.07) is 5.78. The van der Waals surface area contributed by atoms with Crippen LogP contribution < -0.4 is 11.1 Å². The van der Waals surface area contributed by atoms with Gasteiger partial charge in [0.25, 0.3) is 0 Å². The lowest BCUT2D eigenvalue weighted by molar-refractivity contribution is 0.677. The quantitative estimate of drug-likeness (QED) is 0.825. The molecule has 0 spiro atoms. The van der Waals surface area contributed by atoms with Crippen LogP contribution in [-0.2, 0) is 0 Å². The first-order chi connectivity index (χ1) is 9.17. The van der Waals surface area contributed by atoms with E-state index in [1.165, 1.54) is 11.3 Å². The highest BCUT2D eigenvalue weighted by atomic mass is 35.5. The summed E-state index contributed by atoms with van der Waals surface area (Å²) in [5.41, 5.74) is 9.57. The Labute approximate surface area is 124 Å². The molecular formula is C15H18Cl2N2. The largest absolute Gasteiger partial charge is 0.365 e. The van der Waals surface area contributed by atoms with Gasteiger partial charge in [0, 0.05) is 11.6 Å². The van der Waals surface area contributed by atoms with Gasteiger partial charge in [0.1, 0.15) is 0 Å². The first-order valence-corrected chi connectivity index (χ1v) is 7.17. The molecule has 1 fully saturated rings. The fourth-order valence-electron chi connectivity index (χ4n) is 2.26. The van der Waals surface area contributed by atoms with Crippen molar-refractivity contribution < 1.29 is 0 Å². The van der Waals surface area contributed by atoms with Crippen LogP contribution in [0.3, 0.4) is 0 Å². The Morgan fingerprint density at radius 2 is 2.11 bits per heavy atom. The van der Waals surface area contributed by atoms with Gasteiger partial charge < -0.3 is 11.1 Å². The number of halogens is 2. The highest BCUT2D eigenvalue weighted by Gasteiger charge is 2.25. The normalized spacial score (nSPS) is 15.0. The summed E-state index contributed by atoms with van der Waals surface area (Å²) in [6.45, 7) is 4.38. The van der Waals surface area contributed by atoms with Crippen molar-refractivity contribution in [2.24, 2.45) is 5.73 Å². The van der Waals surface area contributed by atoms with E-state index < -0.39 is 0 Å². The molecular weight excluding hydrogens is 279 g/mol. The molecule has 1 saturated carbocycles. The van der Waals surface area contributed by atoms with Gasteiger partial charge in [-0.25, -0.2) is 0 Å². The second-order valence-electron chi connectivity index (χ2n) is 4.67. The van der Waals surface area contributed by atoms with E-state index in [0.717, 1.165) is 24.8 Å². The SMILES string of the molecule is C=CNC(=C1CC1)C(CCN)c1ccc(Cl)c(Cl)c1. The van der Waals surface area contributed by atoms with Crippen LogP contribution in [0.4, 0.5) is 0 Å². The number of benzene rings is 1. The van der Waals surface area contributed by atoms with Crippen molar-refractivity contribution >= 4 is 23.2 Å². The lowest BCUT2D eigenvalue weighted by atomic mass is 9.91. The molecule has 19 heavy (non-hydrogen) atoms. The van der Waals surface area contributed by atoms with Gasteiger partial charge in [-0.2, -0.15) is 0 Å². The highest BCUT2D eigenvalue weighted by molar-refractivity contribution is 6.42. The summed E-state index contributed by atoms with van der Waals surface area (Å²) in [6.07, 6.45) is 4.90. The smallest absolute Gasteiger partial charge is 0.0595 e. The number of hydrogen-bond donors (Lipinski definition) is 2. The van der Waals surface area contributed by atoms with Crippen LogP contribution in [-0.4, -0.2) is 6.54 Å². The lowest BCUT2D eigenvalue weighted by Gasteiger charge is -2.21. The van der Waals surface area contributed by atoms with Crippen molar-refractivity contribution in [2.75, 3.05) is 6.54 Å². The third-order valence-corrected chi connectivity index (χ3v) is 4.03. The standard InChI is InChI=1S/C15H18Cl2N2/c1-2-19-15(10-3-4-10)12(7-8-18)11-5-6-13(16)14(17)9-11/h2,5-6,9,12,19H,1,3-4,7-8,18H2. The predicted molar refractivity (Wildman–Crippen MR) is 82.5 cm³/mol. The number of rotatable bonds is 6. The zero-order valence-corrected chi connectivity index (χ0v) is 12.3. The molecule has 2 nitrogen and oxygen atoms in total. The lowest BCUT2D eigenvalue weighted by Crippen LogP contribution is -2.17. The summed E-state index contributed by atoms with van der Waals surface area (Å²) in [7, 11) is 0. The number of hydrogen-bond acceptors (Lipinski definition) is 2. The second kappa shape index (κ2) is 6.47. The van der Waals surface area contributed by atoms with Gasteiger partial charge in [-0.15, -0.1) is 0 Å². The zero-order chi connectivity index (χ0) is 13.8. The van der Waals surface area contributed by atoms with Crippen LogP contribution in [0.1, 0.15) is 30.7 Å². The Bertz CT molecular complexity index is 503. The Kier molecular flexibility index (Phi) is 4.92. The van der Waals surface area contributed by atoms with Crippen molar-refractivity contribution in [1.29, 1.82) is 0 Å². The average molecular weight is 297 g/mol. The highest BCUT2D eigenvalue weighted by Crippen LogP contribution is 2.39. The second-order valence-corrected chi connectivity index (χ2v) is 5.48. The van der Waals surface area contributed by atoms with Gasteiger partial charge >= 0.3 is 0 Å². The van der Waals surface area contributed by atoms with Gasteiger partial charge in [-0.3, -0.25) is 0 Å². The Hall–Kier alpha value is -0.960. The van der Waals surface area contributed by atoms with Gasteiger partial charge in [0.2, 0.25) is 0 Å². The van der Waals surface area contributed by atoms with Crippen LogP contribution in [0.2, 0.25) is 10.0 Å². The maximum absolute atomic E-state index is 6.12. The number of nitrogens with one attached hydrogen (secondary N) is 1. The molecule has 2 rings (SSSR count). The molecule has 102 valence electrons. The van der Waals surface area contributed by atoms with Crippen molar-refractivity contribution in [1.82, 2.24) is 5.32 Å². The zero-order valence-electron chi connectivity index (χ0n) is 10.8. The number of allylic oxidation sites excluding steroid dienone is 2. The third-order valence-electron chi connectivity index (χ3n) is 3.29. The maximum atomic E-state index is 6.12. The predicted octanol–water partition coefficient (Wildman–Crippen LogP) is 4.21. The van der Waals surface area contributed by atoms with Gasteiger partial charge in [-0.1, -0.05) is 35.8 Å². The van der Waals surface area contributed by atoms with Crippen LogP contribution in [0.25, 0.3) is 0 Å².